The third-order valence-electron chi connectivity index (χ3n) is 2.95. The molecule has 1 aliphatic rings. The maximum absolute atomic E-state index is 11.0. The molecule has 1 aromatic rings. The van der Waals surface area contributed by atoms with Crippen molar-refractivity contribution in [2.45, 2.75) is 19.3 Å². The van der Waals surface area contributed by atoms with E-state index in [1.165, 1.54) is 0 Å². The van der Waals surface area contributed by atoms with Crippen LogP contribution in [0.4, 0.5) is 0 Å². The van der Waals surface area contributed by atoms with Crippen molar-refractivity contribution in [3.05, 3.63) is 23.3 Å². The summed E-state index contributed by atoms with van der Waals surface area (Å²) in [6.45, 7) is 0.310. The van der Waals surface area contributed by atoms with Crippen molar-refractivity contribution in [3.8, 4) is 23.3 Å². The first-order chi connectivity index (χ1) is 10.5. The lowest BCUT2D eigenvalue weighted by Gasteiger charge is -2.07. The molecule has 7 heteroatoms. The normalized spacial score (nSPS) is 12.8. The van der Waals surface area contributed by atoms with E-state index in [2.05, 4.69) is 11.8 Å². The number of unbranched alkanes of at least 4 members (excludes halogenated alkanes) is 1. The van der Waals surface area contributed by atoms with Gasteiger partial charge in [0.25, 0.3) is 10.1 Å². The topological polar surface area (TPSA) is 82.1 Å². The van der Waals surface area contributed by atoms with Gasteiger partial charge in [-0.05, 0) is 24.5 Å². The maximum atomic E-state index is 11.0. The molecule has 0 aliphatic carbocycles. The molecule has 0 spiro atoms. The van der Waals surface area contributed by atoms with E-state index in [4.69, 9.17) is 18.8 Å². The van der Waals surface area contributed by atoms with Crippen LogP contribution in [0.3, 0.4) is 0 Å². The number of hydrogen-bond acceptors (Lipinski definition) is 6. The van der Waals surface area contributed by atoms with E-state index in [0.717, 1.165) is 17.4 Å². The van der Waals surface area contributed by atoms with E-state index in [0.29, 0.717) is 30.8 Å². The van der Waals surface area contributed by atoms with Gasteiger partial charge in [-0.3, -0.25) is 4.18 Å². The second-order valence-corrected chi connectivity index (χ2v) is 6.41. The van der Waals surface area contributed by atoms with E-state index in [1.807, 2.05) is 0 Å². The molecule has 22 heavy (non-hydrogen) atoms. The summed E-state index contributed by atoms with van der Waals surface area (Å²) in [5.74, 6) is 7.24. The smallest absolute Gasteiger partial charge is 0.264 e. The Morgan fingerprint density at radius 3 is 2.73 bits per heavy atom. The lowest BCUT2D eigenvalue weighted by atomic mass is 10.0. The van der Waals surface area contributed by atoms with Gasteiger partial charge in [0.1, 0.15) is 0 Å². The van der Waals surface area contributed by atoms with E-state index in [-0.39, 0.29) is 20.0 Å². The van der Waals surface area contributed by atoms with E-state index >= 15 is 0 Å². The van der Waals surface area contributed by atoms with Crippen LogP contribution in [-0.2, 0) is 20.7 Å². The summed E-state index contributed by atoms with van der Waals surface area (Å²) in [4.78, 5) is 0. The van der Waals surface area contributed by atoms with Crippen LogP contribution in [0, 0.1) is 11.8 Å². The summed E-state index contributed by atoms with van der Waals surface area (Å²) in [6, 6.07) is 3.58. The third-order valence-corrected chi connectivity index (χ3v) is 3.54. The number of benzene rings is 1. The standard InChI is InChI=1S/C15H18O6S/c1-22(17,18)21-8-6-13-10-15-14(19-11-20-15)9-12(13)5-3-2-4-7-16/h9-10,16H,2,4,6-8,11H2,1H3. The monoisotopic (exact) mass is 326 g/mol. The van der Waals surface area contributed by atoms with Gasteiger partial charge in [-0.25, -0.2) is 0 Å². The zero-order valence-corrected chi connectivity index (χ0v) is 13.1. The largest absolute Gasteiger partial charge is 0.454 e. The van der Waals surface area contributed by atoms with Crippen molar-refractivity contribution in [1.82, 2.24) is 0 Å². The number of ether oxygens (including phenoxy) is 2. The molecular formula is C15H18O6S. The fraction of sp³-hybridized carbons (Fsp3) is 0.467. The Hall–Kier alpha value is -1.75. The maximum Gasteiger partial charge on any atom is 0.264 e. The first kappa shape index (κ1) is 16.6. The first-order valence-electron chi connectivity index (χ1n) is 6.86. The van der Waals surface area contributed by atoms with Crippen molar-refractivity contribution < 1.29 is 27.2 Å². The molecule has 1 N–H and O–H groups in total. The van der Waals surface area contributed by atoms with Gasteiger partial charge in [-0.2, -0.15) is 8.42 Å². The second-order valence-electron chi connectivity index (χ2n) is 4.77. The molecule has 1 heterocycles. The SMILES string of the molecule is CS(=O)(=O)OCCc1cc2c(cc1C#CCCCO)OCO2. The van der Waals surface area contributed by atoms with E-state index in [1.54, 1.807) is 12.1 Å². The van der Waals surface area contributed by atoms with Crippen LogP contribution in [0.1, 0.15) is 24.0 Å². The number of aliphatic hydroxyl groups excluding tert-OH is 1. The minimum absolute atomic E-state index is 0.0454. The van der Waals surface area contributed by atoms with Crippen molar-refractivity contribution in [3.63, 3.8) is 0 Å². The highest BCUT2D eigenvalue weighted by Gasteiger charge is 2.16. The Kier molecular flexibility index (Phi) is 5.66. The number of fused-ring (bicyclic) bond motifs is 1. The molecule has 0 atom stereocenters. The van der Waals surface area contributed by atoms with Crippen molar-refractivity contribution >= 4 is 10.1 Å². The summed E-state index contributed by atoms with van der Waals surface area (Å²) in [5, 5.41) is 8.76. The molecule has 0 aromatic heterocycles. The number of rotatable bonds is 6. The highest BCUT2D eigenvalue weighted by molar-refractivity contribution is 7.85. The number of hydrogen-bond donors (Lipinski definition) is 1. The van der Waals surface area contributed by atoms with E-state index < -0.39 is 10.1 Å². The zero-order valence-electron chi connectivity index (χ0n) is 12.3. The fourth-order valence-corrected chi connectivity index (χ4v) is 2.32. The molecule has 0 fully saturated rings. The van der Waals surface area contributed by atoms with Crippen LogP contribution in [0.5, 0.6) is 11.5 Å². The van der Waals surface area contributed by atoms with Gasteiger partial charge in [0.05, 0.1) is 12.9 Å². The van der Waals surface area contributed by atoms with Gasteiger partial charge in [-0.1, -0.05) is 11.8 Å². The Bertz CT molecular complexity index is 684. The molecule has 120 valence electrons. The minimum atomic E-state index is -3.46. The van der Waals surface area contributed by atoms with Crippen molar-refractivity contribution in [1.29, 1.82) is 0 Å². The quantitative estimate of drug-likeness (QED) is 0.478. The molecule has 1 aromatic carbocycles. The average Bonchev–Trinajstić information content (AvgIpc) is 2.89. The molecule has 6 nitrogen and oxygen atoms in total. The molecule has 0 bridgehead atoms. The van der Waals surface area contributed by atoms with Gasteiger partial charge in [0.15, 0.2) is 11.5 Å². The Morgan fingerprint density at radius 2 is 2.05 bits per heavy atom. The average molecular weight is 326 g/mol. The molecule has 1 aliphatic heterocycles. The Balaban J connectivity index is 2.15. The second kappa shape index (κ2) is 7.49. The fourth-order valence-electron chi connectivity index (χ4n) is 1.94. The minimum Gasteiger partial charge on any atom is -0.454 e. The van der Waals surface area contributed by atoms with Crippen LogP contribution in [0.25, 0.3) is 0 Å². The summed E-state index contributed by atoms with van der Waals surface area (Å²) < 4.78 is 37.5. The third kappa shape index (κ3) is 4.91. The van der Waals surface area contributed by atoms with Gasteiger partial charge in [0.2, 0.25) is 6.79 Å². The zero-order chi connectivity index (χ0) is 16.0. The predicted octanol–water partition coefficient (Wildman–Crippen LogP) is 1.06. The lowest BCUT2D eigenvalue weighted by Crippen LogP contribution is -2.07. The summed E-state index contributed by atoms with van der Waals surface area (Å²) in [5.41, 5.74) is 1.59. The predicted molar refractivity (Wildman–Crippen MR) is 80.3 cm³/mol. The molecule has 0 radical (unpaired) electrons. The highest BCUT2D eigenvalue weighted by Crippen LogP contribution is 2.34. The van der Waals surface area contributed by atoms with E-state index in [9.17, 15) is 8.42 Å². The molecule has 0 amide bonds. The lowest BCUT2D eigenvalue weighted by molar-refractivity contribution is 0.174. The number of aliphatic hydroxyl groups is 1. The summed E-state index contributed by atoms with van der Waals surface area (Å²) in [7, 11) is -3.46. The van der Waals surface area contributed by atoms with Crippen molar-refractivity contribution in [2.24, 2.45) is 0 Å². The Morgan fingerprint density at radius 1 is 1.32 bits per heavy atom. The molecule has 2 rings (SSSR count). The first-order valence-corrected chi connectivity index (χ1v) is 8.68. The molecular weight excluding hydrogens is 308 g/mol. The van der Waals surface area contributed by atoms with Gasteiger partial charge in [-0.15, -0.1) is 0 Å². The molecule has 0 saturated heterocycles. The van der Waals surface area contributed by atoms with Crippen LogP contribution >= 0.6 is 0 Å². The summed E-state index contributed by atoms with van der Waals surface area (Å²) in [6.07, 6.45) is 2.62. The van der Waals surface area contributed by atoms with Gasteiger partial charge in [0, 0.05) is 24.7 Å². The highest BCUT2D eigenvalue weighted by atomic mass is 32.2. The van der Waals surface area contributed by atoms with Crippen LogP contribution in [-0.4, -0.2) is 39.8 Å². The van der Waals surface area contributed by atoms with Crippen molar-refractivity contribution in [2.75, 3.05) is 26.3 Å². The van der Waals surface area contributed by atoms with Crippen LogP contribution in [0.15, 0.2) is 12.1 Å². The summed E-state index contributed by atoms with van der Waals surface area (Å²) >= 11 is 0. The molecule has 0 saturated carbocycles. The Labute approximate surface area is 130 Å². The van der Waals surface area contributed by atoms with Gasteiger partial charge < -0.3 is 14.6 Å². The van der Waals surface area contributed by atoms with Gasteiger partial charge >= 0.3 is 0 Å². The van der Waals surface area contributed by atoms with Crippen LogP contribution in [0.2, 0.25) is 0 Å². The van der Waals surface area contributed by atoms with Crippen LogP contribution < -0.4 is 9.47 Å². The molecule has 0 unspecified atom stereocenters.